The van der Waals surface area contributed by atoms with Crippen molar-refractivity contribution in [3.63, 3.8) is 0 Å². The molecule has 9 aromatic carbocycles. The predicted octanol–water partition coefficient (Wildman–Crippen LogP) is 16.1. The quantitative estimate of drug-likeness (QED) is 0.162. The van der Waals surface area contributed by atoms with Crippen molar-refractivity contribution in [1.82, 2.24) is 0 Å². The van der Waals surface area contributed by atoms with E-state index in [1.165, 1.54) is 48.1 Å². The summed E-state index contributed by atoms with van der Waals surface area (Å²) in [6.07, 6.45) is 0. The fourth-order valence-corrected chi connectivity index (χ4v) is 9.54. The van der Waals surface area contributed by atoms with E-state index < -0.39 is 0 Å². The maximum atomic E-state index is 6.30. The van der Waals surface area contributed by atoms with Gasteiger partial charge in [-0.05, 0) is 93.5 Å². The first-order chi connectivity index (χ1) is 28.2. The van der Waals surface area contributed by atoms with Gasteiger partial charge < -0.3 is 9.32 Å². The highest BCUT2D eigenvalue weighted by Crippen LogP contribution is 2.50. The zero-order chi connectivity index (χ0) is 37.7. The normalized spacial score (nSPS) is 11.5. The number of nitrogens with zero attached hydrogens (tertiary/aromatic N) is 1. The van der Waals surface area contributed by atoms with Crippen LogP contribution < -0.4 is 4.90 Å². The highest BCUT2D eigenvalue weighted by Gasteiger charge is 2.24. The zero-order valence-corrected chi connectivity index (χ0v) is 31.8. The third-order valence-corrected chi connectivity index (χ3v) is 12.3. The van der Waals surface area contributed by atoms with E-state index in [9.17, 15) is 0 Å². The van der Waals surface area contributed by atoms with Crippen LogP contribution in [0, 0.1) is 0 Å². The first-order valence-electron chi connectivity index (χ1n) is 19.3. The number of thiophene rings is 1. The van der Waals surface area contributed by atoms with Crippen LogP contribution >= 0.6 is 11.3 Å². The molecule has 0 spiro atoms. The highest BCUT2D eigenvalue weighted by molar-refractivity contribution is 7.26. The van der Waals surface area contributed by atoms with Gasteiger partial charge in [0.1, 0.15) is 11.2 Å². The number of rotatable bonds is 7. The first-order valence-corrected chi connectivity index (χ1v) is 20.1. The Labute approximate surface area is 335 Å². The molecule has 2 aromatic heterocycles. The Morgan fingerprint density at radius 2 is 0.877 bits per heavy atom. The molecule has 0 amide bonds. The van der Waals surface area contributed by atoms with Crippen LogP contribution in [0.5, 0.6) is 0 Å². The van der Waals surface area contributed by atoms with Crippen molar-refractivity contribution in [2.24, 2.45) is 0 Å². The van der Waals surface area contributed by atoms with E-state index in [0.29, 0.717) is 0 Å². The van der Waals surface area contributed by atoms with Gasteiger partial charge in [0, 0.05) is 43.2 Å². The van der Waals surface area contributed by atoms with Crippen LogP contribution in [0.25, 0.3) is 86.6 Å². The SMILES string of the molecule is c1ccc(-c2cc(-c3ccccc3)cc(N(c3ccc(-c4ccc5c(c4)oc4ccccc45)cc3)c3c(-c4ccccc4)ccc4c3sc3ccccc34)c2)cc1. The summed E-state index contributed by atoms with van der Waals surface area (Å²) in [6, 6.07) is 76.6. The van der Waals surface area contributed by atoms with Gasteiger partial charge in [0.15, 0.2) is 0 Å². The topological polar surface area (TPSA) is 16.4 Å². The molecule has 0 radical (unpaired) electrons. The van der Waals surface area contributed by atoms with Crippen molar-refractivity contribution >= 4 is 70.5 Å². The Morgan fingerprint density at radius 3 is 1.58 bits per heavy atom. The molecule has 0 bridgehead atoms. The van der Waals surface area contributed by atoms with Gasteiger partial charge in [0.25, 0.3) is 0 Å². The van der Waals surface area contributed by atoms with E-state index in [2.05, 4.69) is 205 Å². The van der Waals surface area contributed by atoms with E-state index >= 15 is 0 Å². The monoisotopic (exact) mass is 745 g/mol. The second kappa shape index (κ2) is 13.8. The van der Waals surface area contributed by atoms with Gasteiger partial charge in [0.05, 0.1) is 10.4 Å². The van der Waals surface area contributed by atoms with Crippen molar-refractivity contribution < 1.29 is 4.42 Å². The molecule has 0 fully saturated rings. The molecule has 0 aliphatic heterocycles. The van der Waals surface area contributed by atoms with Crippen molar-refractivity contribution in [2.45, 2.75) is 0 Å². The van der Waals surface area contributed by atoms with Crippen LogP contribution in [-0.4, -0.2) is 0 Å². The minimum atomic E-state index is 0.898. The smallest absolute Gasteiger partial charge is 0.136 e. The predicted molar refractivity (Wildman–Crippen MR) is 243 cm³/mol. The molecule has 0 unspecified atom stereocenters. The average molecular weight is 746 g/mol. The molecule has 0 saturated heterocycles. The summed E-state index contributed by atoms with van der Waals surface area (Å²) in [4.78, 5) is 2.49. The number of furan rings is 1. The summed E-state index contributed by atoms with van der Waals surface area (Å²) in [5.74, 6) is 0. The van der Waals surface area contributed by atoms with Gasteiger partial charge in [-0.25, -0.2) is 0 Å². The minimum absolute atomic E-state index is 0.898. The number of para-hydroxylation sites is 1. The van der Waals surface area contributed by atoms with Crippen LogP contribution in [0.3, 0.4) is 0 Å². The zero-order valence-electron chi connectivity index (χ0n) is 31.0. The maximum absolute atomic E-state index is 6.30. The number of fused-ring (bicyclic) bond motifs is 6. The van der Waals surface area contributed by atoms with Crippen LogP contribution in [0.1, 0.15) is 0 Å². The Kier molecular flexibility index (Phi) is 8.04. The molecule has 57 heavy (non-hydrogen) atoms. The fraction of sp³-hybridized carbons (Fsp3) is 0. The lowest BCUT2D eigenvalue weighted by Gasteiger charge is -2.30. The molecule has 0 saturated carbocycles. The Hall–Kier alpha value is -7.20. The van der Waals surface area contributed by atoms with Crippen molar-refractivity contribution in [1.29, 1.82) is 0 Å². The van der Waals surface area contributed by atoms with E-state index in [1.807, 2.05) is 23.5 Å². The third kappa shape index (κ3) is 5.88. The van der Waals surface area contributed by atoms with E-state index in [0.717, 1.165) is 55.6 Å². The summed E-state index contributed by atoms with van der Waals surface area (Å²) in [6.45, 7) is 0. The Balaban J connectivity index is 1.17. The van der Waals surface area contributed by atoms with Crippen molar-refractivity contribution in [2.75, 3.05) is 4.90 Å². The van der Waals surface area contributed by atoms with Crippen LogP contribution in [0.15, 0.2) is 217 Å². The number of anilines is 3. The van der Waals surface area contributed by atoms with Gasteiger partial charge in [-0.2, -0.15) is 0 Å². The largest absolute Gasteiger partial charge is 0.456 e. The van der Waals surface area contributed by atoms with Gasteiger partial charge in [-0.15, -0.1) is 11.3 Å². The lowest BCUT2D eigenvalue weighted by atomic mass is 9.95. The van der Waals surface area contributed by atoms with Crippen LogP contribution in [0.2, 0.25) is 0 Å². The first kappa shape index (κ1) is 33.2. The molecular formula is C54H35NOS. The second-order valence-corrected chi connectivity index (χ2v) is 15.5. The third-order valence-electron chi connectivity index (χ3n) is 11.1. The average Bonchev–Trinajstić information content (AvgIpc) is 3.86. The fourth-order valence-electron chi connectivity index (χ4n) is 8.30. The molecule has 0 aliphatic carbocycles. The summed E-state index contributed by atoms with van der Waals surface area (Å²) >= 11 is 1.87. The number of hydrogen-bond donors (Lipinski definition) is 0. The van der Waals surface area contributed by atoms with E-state index in [4.69, 9.17) is 4.42 Å². The van der Waals surface area contributed by atoms with Gasteiger partial charge >= 0.3 is 0 Å². The summed E-state index contributed by atoms with van der Waals surface area (Å²) in [5, 5.41) is 4.81. The standard InChI is InChI=1S/C54H35NOS/c1-4-14-36(15-5-1)41-32-42(37-16-6-2-7-17-37)34-44(33-41)55(43-27-24-38(25-28-43)40-26-29-47-46-20-10-12-22-50(46)56-51(47)35-40)53-45(39-18-8-3-9-19-39)30-31-49-48-21-11-13-23-52(48)57-54(49)53/h1-35H. The molecule has 268 valence electrons. The van der Waals surface area contributed by atoms with Gasteiger partial charge in [-0.3, -0.25) is 0 Å². The lowest BCUT2D eigenvalue weighted by Crippen LogP contribution is -2.12. The lowest BCUT2D eigenvalue weighted by molar-refractivity contribution is 0.669. The summed E-state index contributed by atoms with van der Waals surface area (Å²) in [5.41, 5.74) is 14.4. The van der Waals surface area contributed by atoms with Crippen LogP contribution in [0.4, 0.5) is 17.1 Å². The molecule has 3 heteroatoms. The van der Waals surface area contributed by atoms with Crippen LogP contribution in [-0.2, 0) is 0 Å². The van der Waals surface area contributed by atoms with Gasteiger partial charge in [0.2, 0.25) is 0 Å². The van der Waals surface area contributed by atoms with Crippen molar-refractivity contribution in [3.8, 4) is 44.5 Å². The Morgan fingerprint density at radius 1 is 0.333 bits per heavy atom. The molecule has 0 aliphatic rings. The number of benzene rings is 9. The highest BCUT2D eigenvalue weighted by atomic mass is 32.1. The van der Waals surface area contributed by atoms with E-state index in [1.54, 1.807) is 0 Å². The van der Waals surface area contributed by atoms with Crippen molar-refractivity contribution in [3.05, 3.63) is 212 Å². The van der Waals surface area contributed by atoms with E-state index in [-0.39, 0.29) is 0 Å². The molecule has 2 nitrogen and oxygen atoms in total. The van der Waals surface area contributed by atoms with Gasteiger partial charge in [-0.1, -0.05) is 158 Å². The molecule has 11 rings (SSSR count). The molecule has 0 atom stereocenters. The molecule has 2 heterocycles. The summed E-state index contributed by atoms with van der Waals surface area (Å²) in [7, 11) is 0. The molecule has 0 N–H and O–H groups in total. The minimum Gasteiger partial charge on any atom is -0.456 e. The Bertz CT molecular complexity index is 3160. The second-order valence-electron chi connectivity index (χ2n) is 14.5. The summed E-state index contributed by atoms with van der Waals surface area (Å²) < 4.78 is 8.83. The molecular weight excluding hydrogens is 711 g/mol. The number of hydrogen-bond acceptors (Lipinski definition) is 3. The molecule has 11 aromatic rings. The maximum Gasteiger partial charge on any atom is 0.136 e.